The maximum absolute atomic E-state index is 10.9. The molecule has 124 valence electrons. The van der Waals surface area contributed by atoms with Crippen molar-refractivity contribution in [3.63, 3.8) is 0 Å². The van der Waals surface area contributed by atoms with Crippen LogP contribution in [0.4, 0.5) is 0 Å². The Morgan fingerprint density at radius 2 is 2.08 bits per heavy atom. The number of carboxylic acids is 1. The van der Waals surface area contributed by atoms with Crippen molar-refractivity contribution in [2.24, 2.45) is 5.73 Å². The molecular formula is C18H17ClN2O3. The Morgan fingerprint density at radius 3 is 2.75 bits per heavy atom. The predicted molar refractivity (Wildman–Crippen MR) is 91.0 cm³/mol. The van der Waals surface area contributed by atoms with Crippen LogP contribution in [-0.4, -0.2) is 17.6 Å². The predicted octanol–water partition coefficient (Wildman–Crippen LogP) is 3.31. The molecule has 24 heavy (non-hydrogen) atoms. The molecule has 0 amide bonds. The number of carbonyl (C=O) groups is 1. The van der Waals surface area contributed by atoms with Crippen molar-refractivity contribution < 1.29 is 14.6 Å². The summed E-state index contributed by atoms with van der Waals surface area (Å²) in [7, 11) is 0. The van der Waals surface area contributed by atoms with Crippen LogP contribution in [0.2, 0.25) is 5.02 Å². The Kier molecular flexibility index (Phi) is 6.19. The number of hydrogen-bond acceptors (Lipinski definition) is 4. The number of benzene rings is 2. The van der Waals surface area contributed by atoms with E-state index in [9.17, 15) is 4.79 Å². The van der Waals surface area contributed by atoms with Crippen LogP contribution < -0.4 is 10.5 Å². The molecule has 0 fully saturated rings. The van der Waals surface area contributed by atoms with Gasteiger partial charge in [0.1, 0.15) is 12.4 Å². The largest absolute Gasteiger partial charge is 0.487 e. The van der Waals surface area contributed by atoms with Crippen molar-refractivity contribution in [1.82, 2.24) is 0 Å². The van der Waals surface area contributed by atoms with E-state index in [2.05, 4.69) is 6.07 Å². The number of hydrogen-bond donors (Lipinski definition) is 2. The summed E-state index contributed by atoms with van der Waals surface area (Å²) in [6.45, 7) is 0.407. The number of ether oxygens (including phenoxy) is 1. The minimum Gasteiger partial charge on any atom is -0.487 e. The highest BCUT2D eigenvalue weighted by atomic mass is 35.5. The van der Waals surface area contributed by atoms with E-state index < -0.39 is 5.97 Å². The molecule has 1 atom stereocenters. The molecule has 2 aromatic carbocycles. The lowest BCUT2D eigenvalue weighted by Crippen LogP contribution is -2.16. The van der Waals surface area contributed by atoms with Crippen LogP contribution in [-0.2, 0) is 11.4 Å². The molecule has 0 unspecified atom stereocenters. The van der Waals surface area contributed by atoms with Gasteiger partial charge in [-0.2, -0.15) is 5.26 Å². The minimum atomic E-state index is -0.911. The topological polar surface area (TPSA) is 96.3 Å². The summed E-state index contributed by atoms with van der Waals surface area (Å²) in [5.74, 6) is -0.787. The van der Waals surface area contributed by atoms with Gasteiger partial charge in [-0.1, -0.05) is 35.9 Å². The fraction of sp³-hybridized carbons (Fsp3) is 0.222. The highest BCUT2D eigenvalue weighted by Gasteiger charge is 2.16. The monoisotopic (exact) mass is 344 g/mol. The summed E-state index contributed by atoms with van der Waals surface area (Å²) in [5, 5.41) is 18.5. The average molecular weight is 345 g/mol. The molecule has 0 saturated heterocycles. The number of nitrogens with zero attached hydrogens (tertiary/aromatic N) is 1. The molecule has 0 bridgehead atoms. The molecule has 0 radical (unpaired) electrons. The van der Waals surface area contributed by atoms with Crippen molar-refractivity contribution >= 4 is 17.6 Å². The zero-order valence-electron chi connectivity index (χ0n) is 12.9. The second-order valence-electron chi connectivity index (χ2n) is 5.28. The standard InChI is InChI=1S/C18H17ClN2O3/c19-16-6-5-12(15(10-21)8-18(22)23)7-17(16)24-11-14-4-2-1-3-13(14)9-20/h1-7,15H,8,10-11,21H2,(H,22,23)/t15-/m0/s1. The summed E-state index contributed by atoms with van der Waals surface area (Å²) >= 11 is 6.15. The first-order valence-corrected chi connectivity index (χ1v) is 7.75. The Labute approximate surface area is 145 Å². The second kappa shape index (κ2) is 8.34. The zero-order valence-corrected chi connectivity index (χ0v) is 13.7. The van der Waals surface area contributed by atoms with Gasteiger partial charge in [0.05, 0.1) is 23.1 Å². The first kappa shape index (κ1) is 17.8. The lowest BCUT2D eigenvalue weighted by atomic mass is 9.96. The number of rotatable bonds is 7. The van der Waals surface area contributed by atoms with Gasteiger partial charge in [0.15, 0.2) is 0 Å². The first-order chi connectivity index (χ1) is 11.5. The van der Waals surface area contributed by atoms with Gasteiger partial charge < -0.3 is 15.6 Å². The minimum absolute atomic E-state index is 0.0607. The molecular weight excluding hydrogens is 328 g/mol. The van der Waals surface area contributed by atoms with Crippen molar-refractivity contribution in [3.8, 4) is 11.8 Å². The van der Waals surface area contributed by atoms with Crippen molar-refractivity contribution in [2.45, 2.75) is 18.9 Å². The van der Waals surface area contributed by atoms with Gasteiger partial charge in [0.2, 0.25) is 0 Å². The Morgan fingerprint density at radius 1 is 1.33 bits per heavy atom. The number of nitrogens with two attached hydrogens (primary N) is 1. The second-order valence-corrected chi connectivity index (χ2v) is 5.69. The Bertz CT molecular complexity index is 771. The van der Waals surface area contributed by atoms with Crippen LogP contribution in [0, 0.1) is 11.3 Å². The smallest absolute Gasteiger partial charge is 0.304 e. The quantitative estimate of drug-likeness (QED) is 0.803. The van der Waals surface area contributed by atoms with Gasteiger partial charge in [0.25, 0.3) is 0 Å². The molecule has 0 aliphatic carbocycles. The summed E-state index contributed by atoms with van der Waals surface area (Å²) < 4.78 is 5.73. The van der Waals surface area contributed by atoms with Crippen LogP contribution in [0.5, 0.6) is 5.75 Å². The van der Waals surface area contributed by atoms with E-state index in [1.165, 1.54) is 0 Å². The maximum Gasteiger partial charge on any atom is 0.304 e. The summed E-state index contributed by atoms with van der Waals surface area (Å²) in [4.78, 5) is 10.9. The Balaban J connectivity index is 2.20. The van der Waals surface area contributed by atoms with E-state index in [0.717, 1.165) is 11.1 Å². The van der Waals surface area contributed by atoms with Crippen molar-refractivity contribution in [1.29, 1.82) is 5.26 Å². The molecule has 0 saturated carbocycles. The van der Waals surface area contributed by atoms with Crippen LogP contribution in [0.3, 0.4) is 0 Å². The maximum atomic E-state index is 10.9. The van der Waals surface area contributed by atoms with Gasteiger partial charge in [-0.15, -0.1) is 0 Å². The zero-order chi connectivity index (χ0) is 17.5. The highest BCUT2D eigenvalue weighted by Crippen LogP contribution is 2.30. The molecule has 0 heterocycles. The summed E-state index contributed by atoms with van der Waals surface area (Å²) in [6.07, 6.45) is -0.0607. The van der Waals surface area contributed by atoms with E-state index in [4.69, 9.17) is 32.4 Å². The summed E-state index contributed by atoms with van der Waals surface area (Å²) in [6, 6.07) is 14.4. The van der Waals surface area contributed by atoms with E-state index in [1.807, 2.05) is 12.1 Å². The number of aliphatic carboxylic acids is 1. The van der Waals surface area contributed by atoms with Crippen LogP contribution in [0.1, 0.15) is 29.0 Å². The molecule has 0 aliphatic rings. The highest BCUT2D eigenvalue weighted by molar-refractivity contribution is 6.32. The van der Waals surface area contributed by atoms with Gasteiger partial charge in [-0.3, -0.25) is 4.79 Å². The van der Waals surface area contributed by atoms with Crippen molar-refractivity contribution in [3.05, 3.63) is 64.2 Å². The molecule has 5 nitrogen and oxygen atoms in total. The van der Waals surface area contributed by atoms with E-state index >= 15 is 0 Å². The number of nitriles is 1. The molecule has 3 N–H and O–H groups in total. The van der Waals surface area contributed by atoms with Gasteiger partial charge in [-0.05, 0) is 30.3 Å². The first-order valence-electron chi connectivity index (χ1n) is 7.37. The van der Waals surface area contributed by atoms with Gasteiger partial charge >= 0.3 is 5.97 Å². The third kappa shape index (κ3) is 4.48. The molecule has 0 aromatic heterocycles. The fourth-order valence-corrected chi connectivity index (χ4v) is 2.52. The van der Waals surface area contributed by atoms with Crippen LogP contribution >= 0.6 is 11.6 Å². The number of carboxylic acid groups (broad SMARTS) is 1. The normalized spacial score (nSPS) is 11.5. The Hall–Kier alpha value is -2.55. The van der Waals surface area contributed by atoms with Crippen LogP contribution in [0.25, 0.3) is 0 Å². The van der Waals surface area contributed by atoms with Crippen molar-refractivity contribution in [2.75, 3.05) is 6.54 Å². The third-order valence-electron chi connectivity index (χ3n) is 3.65. The van der Waals surface area contributed by atoms with E-state index in [0.29, 0.717) is 16.3 Å². The van der Waals surface area contributed by atoms with Gasteiger partial charge in [-0.25, -0.2) is 0 Å². The summed E-state index contributed by atoms with van der Waals surface area (Å²) in [5.41, 5.74) is 7.72. The molecule has 2 aromatic rings. The third-order valence-corrected chi connectivity index (χ3v) is 3.97. The van der Waals surface area contributed by atoms with Crippen LogP contribution in [0.15, 0.2) is 42.5 Å². The molecule has 2 rings (SSSR count). The molecule has 0 aliphatic heterocycles. The average Bonchev–Trinajstić information content (AvgIpc) is 2.59. The lowest BCUT2D eigenvalue weighted by Gasteiger charge is -2.16. The van der Waals surface area contributed by atoms with Gasteiger partial charge in [0, 0.05) is 11.5 Å². The van der Waals surface area contributed by atoms with E-state index in [-0.39, 0.29) is 25.5 Å². The SMILES string of the molecule is N#Cc1ccccc1COc1cc([C@H](CN)CC(=O)O)ccc1Cl. The fourth-order valence-electron chi connectivity index (χ4n) is 2.34. The lowest BCUT2D eigenvalue weighted by molar-refractivity contribution is -0.137. The molecule has 6 heteroatoms. The van der Waals surface area contributed by atoms with E-state index in [1.54, 1.807) is 30.3 Å². The molecule has 0 spiro atoms. The number of halogens is 1.